The molecule has 2 rings (SSSR count). The number of hydrogen-bond acceptors (Lipinski definition) is 4. The summed E-state index contributed by atoms with van der Waals surface area (Å²) in [6.45, 7) is 0.695. The van der Waals surface area contributed by atoms with Crippen LogP contribution in [0.25, 0.3) is 0 Å². The molecule has 2 aromatic rings. The van der Waals surface area contributed by atoms with Gasteiger partial charge in [-0.3, -0.25) is 4.98 Å². The van der Waals surface area contributed by atoms with E-state index < -0.39 is 0 Å². The summed E-state index contributed by atoms with van der Waals surface area (Å²) in [4.78, 5) is 6.32. The molecule has 0 unspecified atom stereocenters. The molecule has 6 heteroatoms. The highest BCUT2D eigenvalue weighted by Gasteiger charge is 2.14. The Kier molecular flexibility index (Phi) is 6.31. The predicted molar refractivity (Wildman–Crippen MR) is 97.9 cm³/mol. The third-order valence-electron chi connectivity index (χ3n) is 3.50. The number of ether oxygens (including phenoxy) is 1. The maximum atomic E-state index is 5.36. The fraction of sp³-hybridized carbons (Fsp3) is 0.294. The van der Waals surface area contributed by atoms with E-state index in [0.29, 0.717) is 11.7 Å². The first-order valence-corrected chi connectivity index (χ1v) is 7.76. The zero-order valence-corrected chi connectivity index (χ0v) is 14.4. The molecule has 23 heavy (non-hydrogen) atoms. The van der Waals surface area contributed by atoms with Crippen LogP contribution in [0.15, 0.2) is 48.8 Å². The van der Waals surface area contributed by atoms with Crippen molar-refractivity contribution >= 4 is 23.0 Å². The molecule has 0 fully saturated rings. The minimum absolute atomic E-state index is 0.194. The Bertz CT molecular complexity index is 616. The second kappa shape index (κ2) is 8.45. The van der Waals surface area contributed by atoms with Gasteiger partial charge in [0, 0.05) is 24.6 Å². The van der Waals surface area contributed by atoms with Crippen LogP contribution in [-0.2, 0) is 0 Å². The van der Waals surface area contributed by atoms with Crippen molar-refractivity contribution in [3.63, 3.8) is 0 Å². The van der Waals surface area contributed by atoms with Gasteiger partial charge in [-0.15, -0.1) is 0 Å². The molecular weight excluding hydrogens is 308 g/mol. The fourth-order valence-electron chi connectivity index (χ4n) is 2.21. The Balaban J connectivity index is 1.91. The number of likely N-dealkylation sites (N-methyl/N-ethyl adjacent to an activating group) is 1. The van der Waals surface area contributed by atoms with Crippen molar-refractivity contribution in [2.45, 2.75) is 6.04 Å². The van der Waals surface area contributed by atoms with Crippen LogP contribution in [-0.4, -0.2) is 42.7 Å². The van der Waals surface area contributed by atoms with E-state index in [2.05, 4.69) is 26.6 Å². The number of nitrogens with one attached hydrogen (secondary N) is 2. The molecule has 0 radical (unpaired) electrons. The lowest BCUT2D eigenvalue weighted by molar-refractivity contribution is 0.298. The highest BCUT2D eigenvalue weighted by molar-refractivity contribution is 7.80. The van der Waals surface area contributed by atoms with E-state index in [1.807, 2.05) is 50.6 Å². The molecule has 122 valence electrons. The Morgan fingerprint density at radius 1 is 1.26 bits per heavy atom. The van der Waals surface area contributed by atoms with Crippen molar-refractivity contribution in [2.75, 3.05) is 33.1 Å². The maximum absolute atomic E-state index is 5.36. The van der Waals surface area contributed by atoms with Gasteiger partial charge in [-0.05, 0) is 62.2 Å². The standard InChI is InChI=1S/C17H22N4OS/c1-21(2)16(13-5-4-10-18-11-13)12-19-17(23)20-14-6-8-15(22-3)9-7-14/h4-11,16H,12H2,1-3H3,(H2,19,20,23)/t16-/m0/s1. The Hall–Kier alpha value is -2.18. The first kappa shape index (κ1) is 17.2. The minimum atomic E-state index is 0.194. The number of thiocarbonyl (C=S) groups is 1. The number of methoxy groups -OCH3 is 1. The zero-order chi connectivity index (χ0) is 16.7. The van der Waals surface area contributed by atoms with Crippen LogP contribution < -0.4 is 15.4 Å². The van der Waals surface area contributed by atoms with Crippen LogP contribution in [0.1, 0.15) is 11.6 Å². The molecule has 1 aromatic heterocycles. The molecular formula is C17H22N4OS. The van der Waals surface area contributed by atoms with Gasteiger partial charge in [-0.1, -0.05) is 6.07 Å². The fourth-order valence-corrected chi connectivity index (χ4v) is 2.41. The van der Waals surface area contributed by atoms with Gasteiger partial charge in [0.25, 0.3) is 0 Å². The van der Waals surface area contributed by atoms with Crippen molar-refractivity contribution in [3.05, 3.63) is 54.4 Å². The number of hydrogen-bond donors (Lipinski definition) is 2. The molecule has 1 atom stereocenters. The number of anilines is 1. The summed E-state index contributed by atoms with van der Waals surface area (Å²) in [5, 5.41) is 7.02. The lowest BCUT2D eigenvalue weighted by Gasteiger charge is -2.25. The summed E-state index contributed by atoms with van der Waals surface area (Å²) in [5.41, 5.74) is 2.07. The third-order valence-corrected chi connectivity index (χ3v) is 3.74. The summed E-state index contributed by atoms with van der Waals surface area (Å²) in [7, 11) is 5.73. The molecule has 0 saturated carbocycles. The number of rotatable bonds is 6. The Morgan fingerprint density at radius 3 is 2.57 bits per heavy atom. The SMILES string of the molecule is COc1ccc(NC(=S)NC[C@@H](c2cccnc2)N(C)C)cc1. The summed E-state index contributed by atoms with van der Waals surface area (Å²) in [6.07, 6.45) is 3.66. The highest BCUT2D eigenvalue weighted by Crippen LogP contribution is 2.17. The van der Waals surface area contributed by atoms with Crippen LogP contribution in [0.4, 0.5) is 5.69 Å². The minimum Gasteiger partial charge on any atom is -0.497 e. The topological polar surface area (TPSA) is 49.4 Å². The van der Waals surface area contributed by atoms with Gasteiger partial charge in [-0.25, -0.2) is 0 Å². The molecule has 0 aliphatic carbocycles. The molecule has 2 N–H and O–H groups in total. The monoisotopic (exact) mass is 330 g/mol. The van der Waals surface area contributed by atoms with Gasteiger partial charge in [0.1, 0.15) is 5.75 Å². The molecule has 1 heterocycles. The van der Waals surface area contributed by atoms with Gasteiger partial charge in [0.2, 0.25) is 0 Å². The largest absolute Gasteiger partial charge is 0.497 e. The molecule has 0 spiro atoms. The van der Waals surface area contributed by atoms with Gasteiger partial charge >= 0.3 is 0 Å². The van der Waals surface area contributed by atoms with Crippen LogP contribution >= 0.6 is 12.2 Å². The average Bonchev–Trinajstić information content (AvgIpc) is 2.56. The molecule has 0 aliphatic heterocycles. The number of pyridine rings is 1. The van der Waals surface area contributed by atoms with Gasteiger partial charge in [0.15, 0.2) is 5.11 Å². The summed E-state index contributed by atoms with van der Waals surface area (Å²) in [6, 6.07) is 11.8. The van der Waals surface area contributed by atoms with Gasteiger partial charge < -0.3 is 20.3 Å². The van der Waals surface area contributed by atoms with Gasteiger partial charge in [-0.2, -0.15) is 0 Å². The van der Waals surface area contributed by atoms with E-state index in [1.54, 1.807) is 13.3 Å². The van der Waals surface area contributed by atoms with Crippen molar-refractivity contribution < 1.29 is 4.74 Å². The van der Waals surface area contributed by atoms with Crippen LogP contribution in [0.3, 0.4) is 0 Å². The first-order chi connectivity index (χ1) is 11.1. The summed E-state index contributed by atoms with van der Waals surface area (Å²) in [5.74, 6) is 0.818. The lowest BCUT2D eigenvalue weighted by atomic mass is 10.1. The van der Waals surface area contributed by atoms with E-state index in [0.717, 1.165) is 17.0 Å². The summed E-state index contributed by atoms with van der Waals surface area (Å²) >= 11 is 5.36. The smallest absolute Gasteiger partial charge is 0.170 e. The van der Waals surface area contributed by atoms with Crippen molar-refractivity contribution in [1.82, 2.24) is 15.2 Å². The molecule has 1 aromatic carbocycles. The maximum Gasteiger partial charge on any atom is 0.170 e. The van der Waals surface area contributed by atoms with Crippen LogP contribution in [0, 0.1) is 0 Å². The summed E-state index contributed by atoms with van der Waals surface area (Å²) < 4.78 is 5.14. The average molecular weight is 330 g/mol. The van der Waals surface area contributed by atoms with E-state index in [1.165, 1.54) is 0 Å². The van der Waals surface area contributed by atoms with Gasteiger partial charge in [0.05, 0.1) is 13.2 Å². The molecule has 0 amide bonds. The Morgan fingerprint density at radius 2 is 2.00 bits per heavy atom. The molecule has 0 bridgehead atoms. The first-order valence-electron chi connectivity index (χ1n) is 7.35. The van der Waals surface area contributed by atoms with Crippen LogP contribution in [0.5, 0.6) is 5.75 Å². The van der Waals surface area contributed by atoms with Crippen LogP contribution in [0.2, 0.25) is 0 Å². The molecule has 5 nitrogen and oxygen atoms in total. The molecule has 0 saturated heterocycles. The second-order valence-corrected chi connectivity index (χ2v) is 5.74. The molecule has 0 aliphatic rings. The van der Waals surface area contributed by atoms with E-state index >= 15 is 0 Å². The van der Waals surface area contributed by atoms with Crippen molar-refractivity contribution in [1.29, 1.82) is 0 Å². The number of nitrogens with zero attached hydrogens (tertiary/aromatic N) is 2. The zero-order valence-electron chi connectivity index (χ0n) is 13.6. The quantitative estimate of drug-likeness (QED) is 0.794. The second-order valence-electron chi connectivity index (χ2n) is 5.33. The van der Waals surface area contributed by atoms with E-state index in [4.69, 9.17) is 17.0 Å². The van der Waals surface area contributed by atoms with Crippen molar-refractivity contribution in [3.8, 4) is 5.75 Å². The van der Waals surface area contributed by atoms with E-state index in [9.17, 15) is 0 Å². The van der Waals surface area contributed by atoms with Crippen molar-refractivity contribution in [2.24, 2.45) is 0 Å². The normalized spacial score (nSPS) is 11.8. The lowest BCUT2D eigenvalue weighted by Crippen LogP contribution is -2.36. The van der Waals surface area contributed by atoms with E-state index in [-0.39, 0.29) is 6.04 Å². The number of aromatic nitrogens is 1. The Labute approximate surface area is 142 Å². The predicted octanol–water partition coefficient (Wildman–Crippen LogP) is 2.68. The number of benzene rings is 1. The highest BCUT2D eigenvalue weighted by atomic mass is 32.1. The third kappa shape index (κ3) is 5.19.